The second-order valence-electron chi connectivity index (χ2n) is 12.3. The molecule has 1 aliphatic carbocycles. The third kappa shape index (κ3) is 4.95. The van der Waals surface area contributed by atoms with Crippen LogP contribution in [0.15, 0.2) is 121 Å². The Morgan fingerprint density at radius 1 is 0.558 bits per heavy atom. The van der Waals surface area contributed by atoms with E-state index in [2.05, 4.69) is 109 Å². The lowest BCUT2D eigenvalue weighted by Crippen LogP contribution is -2.51. The van der Waals surface area contributed by atoms with E-state index in [1.807, 2.05) is 0 Å². The average molecular weight is 594 g/mol. The van der Waals surface area contributed by atoms with E-state index in [9.17, 15) is 4.39 Å². The van der Waals surface area contributed by atoms with Crippen LogP contribution in [0.3, 0.4) is 0 Å². The molecule has 0 bridgehead atoms. The van der Waals surface area contributed by atoms with Crippen molar-refractivity contribution in [1.82, 2.24) is 0 Å². The van der Waals surface area contributed by atoms with E-state index in [4.69, 9.17) is 0 Å². The minimum absolute atomic E-state index is 0.136. The first-order valence-electron chi connectivity index (χ1n) is 15.7. The Hall–Kier alpha value is -3.58. The molecule has 8 rings (SSSR count). The lowest BCUT2D eigenvalue weighted by atomic mass is 9.88. The smallest absolute Gasteiger partial charge is 0.125 e. The van der Waals surface area contributed by atoms with Crippen molar-refractivity contribution in [2.45, 2.75) is 50.0 Å². The number of hydrogen-bond acceptors (Lipinski definition) is 0. The van der Waals surface area contributed by atoms with Gasteiger partial charge in [0.05, 0.1) is 0 Å². The Balaban J connectivity index is 1.33. The Bertz CT molecular complexity index is 1850. The van der Waals surface area contributed by atoms with Crippen LogP contribution in [0, 0.1) is 5.82 Å². The van der Waals surface area contributed by atoms with Crippen molar-refractivity contribution in [3.63, 3.8) is 0 Å². The molecule has 3 heteroatoms. The first-order valence-corrected chi connectivity index (χ1v) is 19.0. The van der Waals surface area contributed by atoms with Crippen LogP contribution in [0.2, 0.25) is 5.54 Å². The van der Waals surface area contributed by atoms with Gasteiger partial charge in [0.2, 0.25) is 0 Å². The molecule has 6 aromatic rings. The molecule has 1 radical (unpaired) electrons. The van der Waals surface area contributed by atoms with Crippen LogP contribution >= 0.6 is 7.92 Å². The first-order chi connectivity index (χ1) is 21.2. The standard InChI is InChI=1S/C40H35FPSi/c41-32-22-24-34(25-23-32)43(33-12-2-1-3-13-33)38-17-9-8-16-37(38)42-26-30-20-18-28-10-4-6-14-35(28)39(30)40-31(27-42)21-19-29-11-5-7-15-36(29)40/h4-11,14-25,33H,1-3,12-13,26-27H2. The molecule has 211 valence electrons. The molecule has 0 nitrogen and oxygen atoms in total. The highest BCUT2D eigenvalue weighted by Gasteiger charge is 2.33. The van der Waals surface area contributed by atoms with Crippen molar-refractivity contribution in [2.75, 3.05) is 0 Å². The summed E-state index contributed by atoms with van der Waals surface area (Å²) in [7, 11) is -1.58. The maximum absolute atomic E-state index is 14.1. The molecule has 1 fully saturated rings. The summed E-state index contributed by atoms with van der Waals surface area (Å²) in [4.78, 5) is 0. The summed E-state index contributed by atoms with van der Waals surface area (Å²) in [5, 5.41) is 9.86. The zero-order valence-electron chi connectivity index (χ0n) is 24.4. The van der Waals surface area contributed by atoms with E-state index in [1.54, 1.807) is 22.6 Å². The predicted molar refractivity (Wildman–Crippen MR) is 186 cm³/mol. The SMILES string of the molecule is Fc1ccc([Si](c2ccccc2P2Cc3ccc4ccccc4c3-c3c(ccc4ccccc34)C2)C2CCCCC2)cc1. The van der Waals surface area contributed by atoms with Gasteiger partial charge in [-0.2, -0.15) is 0 Å². The van der Waals surface area contributed by atoms with Gasteiger partial charge < -0.3 is 0 Å². The Morgan fingerprint density at radius 3 is 1.74 bits per heavy atom. The van der Waals surface area contributed by atoms with Crippen LogP contribution in [0.5, 0.6) is 0 Å². The highest BCUT2D eigenvalue weighted by atomic mass is 31.1. The summed E-state index contributed by atoms with van der Waals surface area (Å²) < 4.78 is 14.1. The molecule has 0 atom stereocenters. The first kappa shape index (κ1) is 27.0. The molecule has 2 aliphatic rings. The molecule has 0 N–H and O–H groups in total. The van der Waals surface area contributed by atoms with Gasteiger partial charge in [-0.15, -0.1) is 0 Å². The molecule has 0 amide bonds. The number of benzene rings is 6. The molecule has 0 aromatic heterocycles. The summed E-state index contributed by atoms with van der Waals surface area (Å²) in [6.45, 7) is 0. The van der Waals surface area contributed by atoms with Gasteiger partial charge in [-0.1, -0.05) is 154 Å². The van der Waals surface area contributed by atoms with E-state index in [0.29, 0.717) is 5.54 Å². The normalized spacial score (nSPS) is 15.9. The number of halogens is 1. The maximum Gasteiger partial charge on any atom is 0.125 e. The maximum atomic E-state index is 14.1. The van der Waals surface area contributed by atoms with Crippen molar-refractivity contribution in [1.29, 1.82) is 0 Å². The van der Waals surface area contributed by atoms with Gasteiger partial charge in [0.15, 0.2) is 0 Å². The molecule has 43 heavy (non-hydrogen) atoms. The fourth-order valence-corrected chi connectivity index (χ4v) is 14.5. The van der Waals surface area contributed by atoms with E-state index in [-0.39, 0.29) is 5.82 Å². The minimum atomic E-state index is -1.08. The summed E-state index contributed by atoms with van der Waals surface area (Å²) in [6.07, 6.45) is 8.73. The van der Waals surface area contributed by atoms with Crippen LogP contribution < -0.4 is 15.7 Å². The van der Waals surface area contributed by atoms with Crippen molar-refractivity contribution in [2.24, 2.45) is 0 Å². The van der Waals surface area contributed by atoms with Crippen molar-refractivity contribution < 1.29 is 4.39 Å². The second-order valence-corrected chi connectivity index (χ2v) is 17.2. The number of fused-ring (bicyclic) bond motifs is 7. The largest absolute Gasteiger partial charge is 0.207 e. The van der Waals surface area contributed by atoms with E-state index >= 15 is 0 Å². The quantitative estimate of drug-likeness (QED) is 0.141. The zero-order chi connectivity index (χ0) is 28.8. The average Bonchev–Trinajstić information content (AvgIpc) is 3.24. The van der Waals surface area contributed by atoms with E-state index in [1.165, 1.54) is 81.1 Å². The third-order valence-electron chi connectivity index (χ3n) is 9.71. The monoisotopic (exact) mass is 593 g/mol. The third-order valence-corrected chi connectivity index (χ3v) is 15.8. The predicted octanol–water partition coefficient (Wildman–Crippen LogP) is 9.56. The van der Waals surface area contributed by atoms with Crippen LogP contribution in [0.4, 0.5) is 4.39 Å². The van der Waals surface area contributed by atoms with Gasteiger partial charge in [-0.3, -0.25) is 0 Å². The zero-order valence-corrected chi connectivity index (χ0v) is 26.3. The second kappa shape index (κ2) is 11.5. The van der Waals surface area contributed by atoms with Gasteiger partial charge in [-0.05, 0) is 84.3 Å². The van der Waals surface area contributed by atoms with Crippen LogP contribution in [-0.4, -0.2) is 8.80 Å². The molecule has 0 saturated heterocycles. The fraction of sp³-hybridized carbons (Fsp3) is 0.200. The molecule has 6 aromatic carbocycles. The topological polar surface area (TPSA) is 0 Å². The Morgan fingerprint density at radius 2 is 1.12 bits per heavy atom. The fourth-order valence-electron chi connectivity index (χ4n) is 7.73. The van der Waals surface area contributed by atoms with Gasteiger partial charge in [0.1, 0.15) is 14.6 Å². The van der Waals surface area contributed by atoms with Crippen LogP contribution in [0.1, 0.15) is 43.2 Å². The van der Waals surface area contributed by atoms with Gasteiger partial charge in [-0.25, -0.2) is 4.39 Å². The lowest BCUT2D eigenvalue weighted by molar-refractivity contribution is 0.499. The van der Waals surface area contributed by atoms with E-state index < -0.39 is 16.7 Å². The Kier molecular flexibility index (Phi) is 7.22. The molecule has 1 heterocycles. The number of rotatable bonds is 4. The van der Waals surface area contributed by atoms with Gasteiger partial charge in [0, 0.05) is 0 Å². The highest BCUT2D eigenvalue weighted by molar-refractivity contribution is 7.64. The molecule has 1 aliphatic heterocycles. The van der Waals surface area contributed by atoms with Gasteiger partial charge >= 0.3 is 0 Å². The van der Waals surface area contributed by atoms with Crippen molar-refractivity contribution in [3.8, 4) is 11.1 Å². The molecule has 0 unspecified atom stereocenters. The number of hydrogen-bond donors (Lipinski definition) is 0. The van der Waals surface area contributed by atoms with E-state index in [0.717, 1.165) is 12.3 Å². The van der Waals surface area contributed by atoms with Crippen molar-refractivity contribution >= 4 is 53.9 Å². The molecular weight excluding hydrogens is 558 g/mol. The lowest BCUT2D eigenvalue weighted by Gasteiger charge is -2.32. The van der Waals surface area contributed by atoms with Gasteiger partial charge in [0.25, 0.3) is 0 Å². The summed E-state index contributed by atoms with van der Waals surface area (Å²) >= 11 is 0. The summed E-state index contributed by atoms with van der Waals surface area (Å²) in [5.41, 5.74) is 6.51. The summed E-state index contributed by atoms with van der Waals surface area (Å²) in [5.74, 6) is -0.136. The Labute approximate surface area is 257 Å². The van der Waals surface area contributed by atoms with Crippen LogP contribution in [-0.2, 0) is 12.3 Å². The molecule has 0 spiro atoms. The summed E-state index contributed by atoms with van der Waals surface area (Å²) in [6, 6.07) is 44.3. The highest BCUT2D eigenvalue weighted by Crippen LogP contribution is 2.52. The van der Waals surface area contributed by atoms with Crippen molar-refractivity contribution in [3.05, 3.63) is 138 Å². The van der Waals surface area contributed by atoms with Crippen LogP contribution in [0.25, 0.3) is 32.7 Å². The minimum Gasteiger partial charge on any atom is -0.207 e. The molecular formula is C40H35FPSi. The molecule has 1 saturated carbocycles.